The number of ether oxygens (including phenoxy) is 2. The summed E-state index contributed by atoms with van der Waals surface area (Å²) in [6.07, 6.45) is -0.938. The summed E-state index contributed by atoms with van der Waals surface area (Å²) in [5, 5.41) is 31.8. The number of amides is 1. The fourth-order valence-electron chi connectivity index (χ4n) is 3.35. The molecule has 7 heteroatoms. The van der Waals surface area contributed by atoms with E-state index in [1.165, 1.54) is 0 Å². The van der Waals surface area contributed by atoms with Gasteiger partial charge in [-0.3, -0.25) is 4.79 Å². The van der Waals surface area contributed by atoms with Crippen LogP contribution in [0.25, 0.3) is 6.08 Å². The predicted molar refractivity (Wildman–Crippen MR) is 116 cm³/mol. The molecule has 0 bridgehead atoms. The zero-order valence-corrected chi connectivity index (χ0v) is 17.3. The Morgan fingerprint density at radius 3 is 2.45 bits per heavy atom. The van der Waals surface area contributed by atoms with Crippen LogP contribution in [0.4, 0.5) is 0 Å². The second-order valence-corrected chi connectivity index (χ2v) is 7.56. The number of benzene rings is 2. The van der Waals surface area contributed by atoms with Crippen LogP contribution in [0.15, 0.2) is 55.1 Å². The quantitative estimate of drug-likeness (QED) is 0.486. The van der Waals surface area contributed by atoms with E-state index in [2.05, 4.69) is 11.9 Å². The van der Waals surface area contributed by atoms with Gasteiger partial charge in [-0.25, -0.2) is 0 Å². The Balaban J connectivity index is 1.42. The molecule has 2 aromatic carbocycles. The standard InChI is InChI=1S/C24H29NO6/c1-2-16-3-5-18(6-4-16)14-25-22(28)12-9-17-7-10-19(11-8-17)30-23-13-20(27)24(29)21(15-26)31-23/h2-8,10-11,20-21,23-24,26-27,29H,1,9,12-15H2,(H,25,28)/t20-,21-,23-,24+/m1/s1. The Labute approximate surface area is 181 Å². The molecule has 0 unspecified atom stereocenters. The Bertz CT molecular complexity index is 851. The molecular formula is C24H29NO6. The Hall–Kier alpha value is -2.71. The highest BCUT2D eigenvalue weighted by molar-refractivity contribution is 5.76. The van der Waals surface area contributed by atoms with Gasteiger partial charge in [-0.15, -0.1) is 0 Å². The number of carbonyl (C=O) groups excluding carboxylic acids is 1. The monoisotopic (exact) mass is 427 g/mol. The SMILES string of the molecule is C=Cc1ccc(CNC(=O)CCc2ccc(O[C@H]3C[C@@H](O)[C@H](O)[C@@H](CO)O3)cc2)cc1. The molecule has 1 saturated heterocycles. The number of hydrogen-bond acceptors (Lipinski definition) is 6. The molecule has 0 aromatic heterocycles. The van der Waals surface area contributed by atoms with Gasteiger partial charge < -0.3 is 30.1 Å². The third-order valence-electron chi connectivity index (χ3n) is 5.25. The first-order chi connectivity index (χ1) is 15.0. The number of rotatable bonds is 9. The zero-order chi connectivity index (χ0) is 22.2. The van der Waals surface area contributed by atoms with Crippen LogP contribution >= 0.6 is 0 Å². The van der Waals surface area contributed by atoms with Gasteiger partial charge >= 0.3 is 0 Å². The topological polar surface area (TPSA) is 108 Å². The lowest BCUT2D eigenvalue weighted by molar-refractivity contribution is -0.229. The van der Waals surface area contributed by atoms with Gasteiger partial charge in [0.05, 0.1) is 12.7 Å². The number of aryl methyl sites for hydroxylation is 1. The van der Waals surface area contributed by atoms with Crippen molar-refractivity contribution in [2.45, 2.75) is 50.4 Å². The van der Waals surface area contributed by atoms with E-state index < -0.39 is 31.2 Å². The van der Waals surface area contributed by atoms with Crippen LogP contribution in [0.5, 0.6) is 5.75 Å². The van der Waals surface area contributed by atoms with Gasteiger partial charge in [0.2, 0.25) is 12.2 Å². The van der Waals surface area contributed by atoms with Crippen molar-refractivity contribution in [3.05, 3.63) is 71.8 Å². The molecule has 166 valence electrons. The summed E-state index contributed by atoms with van der Waals surface area (Å²) in [4.78, 5) is 12.1. The molecule has 1 aliphatic heterocycles. The Morgan fingerprint density at radius 1 is 1.13 bits per heavy atom. The van der Waals surface area contributed by atoms with E-state index in [-0.39, 0.29) is 12.3 Å². The first kappa shape index (κ1) is 23.0. The fourth-order valence-corrected chi connectivity index (χ4v) is 3.35. The molecule has 1 heterocycles. The van der Waals surface area contributed by atoms with Gasteiger partial charge in [-0.2, -0.15) is 0 Å². The van der Waals surface area contributed by atoms with Gasteiger partial charge in [-0.1, -0.05) is 49.1 Å². The second kappa shape index (κ2) is 11.1. The van der Waals surface area contributed by atoms with Gasteiger partial charge in [0.25, 0.3) is 0 Å². The average molecular weight is 427 g/mol. The highest BCUT2D eigenvalue weighted by atomic mass is 16.7. The van der Waals surface area contributed by atoms with Crippen LogP contribution in [0.1, 0.15) is 29.5 Å². The lowest BCUT2D eigenvalue weighted by atomic mass is 10.0. The van der Waals surface area contributed by atoms with Gasteiger partial charge in [0, 0.05) is 19.4 Å². The summed E-state index contributed by atoms with van der Waals surface area (Å²) < 4.78 is 11.2. The minimum Gasteiger partial charge on any atom is -0.465 e. The molecule has 4 N–H and O–H groups in total. The molecule has 1 amide bonds. The van der Waals surface area contributed by atoms with Crippen molar-refractivity contribution in [2.24, 2.45) is 0 Å². The molecule has 1 aliphatic rings. The van der Waals surface area contributed by atoms with E-state index in [4.69, 9.17) is 9.47 Å². The highest BCUT2D eigenvalue weighted by Gasteiger charge is 2.37. The minimum absolute atomic E-state index is 0.0219. The molecule has 2 aromatic rings. The van der Waals surface area contributed by atoms with Gasteiger partial charge in [0.1, 0.15) is 18.0 Å². The molecule has 1 fully saturated rings. The van der Waals surface area contributed by atoms with Crippen molar-refractivity contribution in [3.8, 4) is 5.75 Å². The number of hydrogen-bond donors (Lipinski definition) is 4. The molecular weight excluding hydrogens is 398 g/mol. The van der Waals surface area contributed by atoms with Crippen LogP contribution in [0, 0.1) is 0 Å². The fraction of sp³-hybridized carbons (Fsp3) is 0.375. The summed E-state index contributed by atoms with van der Waals surface area (Å²) in [6.45, 7) is 3.81. The van der Waals surface area contributed by atoms with Gasteiger partial charge in [-0.05, 0) is 35.2 Å². The summed E-state index contributed by atoms with van der Waals surface area (Å²) in [5.41, 5.74) is 3.07. The number of carbonyl (C=O) groups is 1. The molecule has 0 saturated carbocycles. The molecule has 7 nitrogen and oxygen atoms in total. The molecule has 0 radical (unpaired) electrons. The van der Waals surface area contributed by atoms with E-state index in [9.17, 15) is 20.1 Å². The van der Waals surface area contributed by atoms with Gasteiger partial charge in [0.15, 0.2) is 0 Å². The minimum atomic E-state index is -1.13. The van der Waals surface area contributed by atoms with Crippen molar-refractivity contribution in [1.82, 2.24) is 5.32 Å². The third-order valence-corrected chi connectivity index (χ3v) is 5.25. The van der Waals surface area contributed by atoms with E-state index >= 15 is 0 Å². The molecule has 31 heavy (non-hydrogen) atoms. The summed E-state index contributed by atoms with van der Waals surface area (Å²) >= 11 is 0. The predicted octanol–water partition coefficient (Wildman–Crippen LogP) is 1.79. The highest BCUT2D eigenvalue weighted by Crippen LogP contribution is 2.24. The van der Waals surface area contributed by atoms with Crippen molar-refractivity contribution in [1.29, 1.82) is 0 Å². The van der Waals surface area contributed by atoms with Crippen LogP contribution in [0.2, 0.25) is 0 Å². The maximum absolute atomic E-state index is 12.1. The molecule has 0 spiro atoms. The van der Waals surface area contributed by atoms with Crippen molar-refractivity contribution in [3.63, 3.8) is 0 Å². The normalized spacial score (nSPS) is 23.2. The first-order valence-corrected chi connectivity index (χ1v) is 10.3. The van der Waals surface area contributed by atoms with Crippen LogP contribution in [0.3, 0.4) is 0 Å². The zero-order valence-electron chi connectivity index (χ0n) is 17.3. The van der Waals surface area contributed by atoms with E-state index in [0.29, 0.717) is 25.1 Å². The Kier molecular flexibility index (Phi) is 8.20. The maximum atomic E-state index is 12.1. The number of aliphatic hydroxyl groups excluding tert-OH is 3. The third kappa shape index (κ3) is 6.63. The molecule has 3 rings (SSSR count). The average Bonchev–Trinajstić information content (AvgIpc) is 2.79. The summed E-state index contributed by atoms with van der Waals surface area (Å²) in [5.74, 6) is 0.521. The summed E-state index contributed by atoms with van der Waals surface area (Å²) in [7, 11) is 0. The Morgan fingerprint density at radius 2 is 1.81 bits per heavy atom. The van der Waals surface area contributed by atoms with Crippen molar-refractivity contribution in [2.75, 3.05) is 6.61 Å². The maximum Gasteiger partial charge on any atom is 0.220 e. The molecule has 0 aliphatic carbocycles. The van der Waals surface area contributed by atoms with Crippen LogP contribution in [-0.4, -0.2) is 52.4 Å². The van der Waals surface area contributed by atoms with E-state index in [1.807, 2.05) is 36.4 Å². The summed E-state index contributed by atoms with van der Waals surface area (Å²) in [6, 6.07) is 15.1. The first-order valence-electron chi connectivity index (χ1n) is 10.3. The lowest BCUT2D eigenvalue weighted by Crippen LogP contribution is -2.51. The smallest absolute Gasteiger partial charge is 0.220 e. The van der Waals surface area contributed by atoms with E-state index in [1.54, 1.807) is 18.2 Å². The van der Waals surface area contributed by atoms with Crippen molar-refractivity contribution < 1.29 is 29.6 Å². The van der Waals surface area contributed by atoms with Crippen molar-refractivity contribution >= 4 is 12.0 Å². The largest absolute Gasteiger partial charge is 0.465 e. The lowest BCUT2D eigenvalue weighted by Gasteiger charge is -2.36. The number of nitrogens with one attached hydrogen (secondary N) is 1. The van der Waals surface area contributed by atoms with E-state index in [0.717, 1.165) is 16.7 Å². The number of aliphatic hydroxyl groups is 3. The van der Waals surface area contributed by atoms with Crippen LogP contribution < -0.4 is 10.1 Å². The van der Waals surface area contributed by atoms with Crippen LogP contribution in [-0.2, 0) is 22.5 Å². The molecule has 4 atom stereocenters. The second-order valence-electron chi connectivity index (χ2n) is 7.56.